The van der Waals surface area contributed by atoms with E-state index < -0.39 is 0 Å². The molecule has 0 atom stereocenters. The van der Waals surface area contributed by atoms with Crippen LogP contribution in [0.1, 0.15) is 46.0 Å². The van der Waals surface area contributed by atoms with Gasteiger partial charge in [-0.3, -0.25) is 9.59 Å². The summed E-state index contributed by atoms with van der Waals surface area (Å²) in [5.41, 5.74) is 0.122. The molecule has 2 amide bonds. The van der Waals surface area contributed by atoms with Gasteiger partial charge in [0.2, 0.25) is 0 Å². The molecule has 114 valence electrons. The predicted octanol–water partition coefficient (Wildman–Crippen LogP) is 1.95. The molecule has 0 unspecified atom stereocenters. The van der Waals surface area contributed by atoms with Crippen molar-refractivity contribution in [1.82, 2.24) is 9.80 Å². The molecule has 0 radical (unpaired) electrons. The number of hydrogen-bond donors (Lipinski definition) is 1. The molecule has 1 saturated carbocycles. The molecule has 0 bridgehead atoms. The molecule has 2 rings (SSSR count). The van der Waals surface area contributed by atoms with Gasteiger partial charge in [0.05, 0.1) is 0 Å². The number of amides is 2. The van der Waals surface area contributed by atoms with Crippen LogP contribution in [0.2, 0.25) is 0 Å². The maximum absolute atomic E-state index is 12.3. The highest BCUT2D eigenvalue weighted by atomic mass is 32.1. The van der Waals surface area contributed by atoms with Crippen molar-refractivity contribution in [3.8, 4) is 0 Å². The smallest absolute Gasteiger partial charge is 0.312 e. The quantitative estimate of drug-likeness (QED) is 0.636. The Morgan fingerprint density at radius 2 is 1.75 bits per heavy atom. The standard InChI is InChI=1S/C15H26N2O2S/c1-12(2)17-9-8-16(13(18)14(17)19)10-15(11-20)6-4-3-5-7-15/h12,20H,3-11H2,1-2H3. The first-order chi connectivity index (χ1) is 9.49. The van der Waals surface area contributed by atoms with Gasteiger partial charge < -0.3 is 9.80 Å². The van der Waals surface area contributed by atoms with E-state index in [1.807, 2.05) is 13.8 Å². The molecule has 5 heteroatoms. The Morgan fingerprint density at radius 1 is 1.10 bits per heavy atom. The zero-order valence-electron chi connectivity index (χ0n) is 12.6. The Hall–Kier alpha value is -0.710. The van der Waals surface area contributed by atoms with Crippen molar-refractivity contribution in [3.63, 3.8) is 0 Å². The summed E-state index contributed by atoms with van der Waals surface area (Å²) < 4.78 is 0. The van der Waals surface area contributed by atoms with E-state index in [0.29, 0.717) is 19.6 Å². The first-order valence-electron chi connectivity index (χ1n) is 7.70. The fourth-order valence-electron chi connectivity index (χ4n) is 3.41. The van der Waals surface area contributed by atoms with E-state index in [4.69, 9.17) is 0 Å². The van der Waals surface area contributed by atoms with E-state index in [2.05, 4.69) is 12.6 Å². The van der Waals surface area contributed by atoms with E-state index in [9.17, 15) is 9.59 Å². The summed E-state index contributed by atoms with van der Waals surface area (Å²) in [6, 6.07) is 0.0992. The van der Waals surface area contributed by atoms with Gasteiger partial charge in [-0.25, -0.2) is 0 Å². The molecular formula is C15H26N2O2S. The van der Waals surface area contributed by atoms with Crippen LogP contribution >= 0.6 is 12.6 Å². The summed E-state index contributed by atoms with van der Waals surface area (Å²) in [7, 11) is 0. The lowest BCUT2D eigenvalue weighted by Gasteiger charge is -2.43. The Balaban J connectivity index is 2.03. The molecule has 0 spiro atoms. The van der Waals surface area contributed by atoms with Crippen molar-refractivity contribution in [1.29, 1.82) is 0 Å². The molecule has 1 aliphatic heterocycles. The average Bonchev–Trinajstić information content (AvgIpc) is 2.45. The van der Waals surface area contributed by atoms with Crippen molar-refractivity contribution < 1.29 is 9.59 Å². The molecular weight excluding hydrogens is 272 g/mol. The number of carbonyl (C=O) groups excluding carboxylic acids is 2. The lowest BCUT2D eigenvalue weighted by Crippen LogP contribution is -2.58. The Kier molecular flexibility index (Phi) is 4.99. The van der Waals surface area contributed by atoms with Crippen molar-refractivity contribution >= 4 is 24.4 Å². The normalized spacial score (nSPS) is 23.6. The Labute approximate surface area is 127 Å². The fraction of sp³-hybridized carbons (Fsp3) is 0.867. The summed E-state index contributed by atoms with van der Waals surface area (Å²) in [5, 5.41) is 0. The van der Waals surface area contributed by atoms with E-state index in [-0.39, 0.29) is 23.3 Å². The van der Waals surface area contributed by atoms with Gasteiger partial charge in [0.25, 0.3) is 0 Å². The van der Waals surface area contributed by atoms with Crippen molar-refractivity contribution in [2.45, 2.75) is 52.0 Å². The number of piperazine rings is 1. The monoisotopic (exact) mass is 298 g/mol. The average molecular weight is 298 g/mol. The molecule has 0 aromatic carbocycles. The second kappa shape index (κ2) is 6.37. The van der Waals surface area contributed by atoms with Crippen molar-refractivity contribution in [3.05, 3.63) is 0 Å². The van der Waals surface area contributed by atoms with E-state index in [1.165, 1.54) is 19.3 Å². The minimum atomic E-state index is -0.337. The van der Waals surface area contributed by atoms with Crippen LogP contribution in [0.4, 0.5) is 0 Å². The second-order valence-electron chi connectivity index (χ2n) is 6.54. The van der Waals surface area contributed by atoms with Gasteiger partial charge in [-0.1, -0.05) is 19.3 Å². The highest BCUT2D eigenvalue weighted by Crippen LogP contribution is 2.38. The molecule has 1 saturated heterocycles. The molecule has 1 aliphatic carbocycles. The topological polar surface area (TPSA) is 40.6 Å². The lowest BCUT2D eigenvalue weighted by atomic mass is 9.75. The van der Waals surface area contributed by atoms with E-state index in [0.717, 1.165) is 18.6 Å². The van der Waals surface area contributed by atoms with Crippen LogP contribution in [0, 0.1) is 5.41 Å². The van der Waals surface area contributed by atoms with Crippen LogP contribution in [0.15, 0.2) is 0 Å². The molecule has 0 N–H and O–H groups in total. The number of rotatable bonds is 4. The highest BCUT2D eigenvalue weighted by Gasteiger charge is 2.39. The largest absolute Gasteiger partial charge is 0.332 e. The SMILES string of the molecule is CC(C)N1CCN(CC2(CS)CCCCC2)C(=O)C1=O. The predicted molar refractivity (Wildman–Crippen MR) is 82.8 cm³/mol. The zero-order valence-corrected chi connectivity index (χ0v) is 13.5. The molecule has 0 aromatic heterocycles. The van der Waals surface area contributed by atoms with Gasteiger partial charge in [0.15, 0.2) is 0 Å². The van der Waals surface area contributed by atoms with Gasteiger partial charge in [-0.15, -0.1) is 0 Å². The fourth-order valence-corrected chi connectivity index (χ4v) is 3.82. The zero-order chi connectivity index (χ0) is 14.8. The minimum Gasteiger partial charge on any atom is -0.332 e. The Morgan fingerprint density at radius 3 is 2.30 bits per heavy atom. The lowest BCUT2D eigenvalue weighted by molar-refractivity contribution is -0.158. The summed E-state index contributed by atoms with van der Waals surface area (Å²) in [6.45, 7) is 5.94. The molecule has 1 heterocycles. The number of carbonyl (C=O) groups is 2. The van der Waals surface area contributed by atoms with Gasteiger partial charge in [-0.2, -0.15) is 12.6 Å². The summed E-state index contributed by atoms with van der Waals surface area (Å²) in [6.07, 6.45) is 5.97. The van der Waals surface area contributed by atoms with Crippen LogP contribution in [0.3, 0.4) is 0 Å². The van der Waals surface area contributed by atoms with Gasteiger partial charge >= 0.3 is 11.8 Å². The number of thiol groups is 1. The minimum absolute atomic E-state index is 0.0992. The van der Waals surface area contributed by atoms with Gasteiger partial charge in [0.1, 0.15) is 0 Å². The van der Waals surface area contributed by atoms with Crippen molar-refractivity contribution in [2.75, 3.05) is 25.4 Å². The van der Waals surface area contributed by atoms with Crippen LogP contribution in [0.25, 0.3) is 0 Å². The van der Waals surface area contributed by atoms with Gasteiger partial charge in [0, 0.05) is 25.7 Å². The van der Waals surface area contributed by atoms with E-state index >= 15 is 0 Å². The first kappa shape index (κ1) is 15.7. The maximum atomic E-state index is 12.3. The Bertz CT molecular complexity index is 378. The molecule has 2 aliphatic rings. The summed E-state index contributed by atoms with van der Waals surface area (Å²) >= 11 is 4.52. The van der Waals surface area contributed by atoms with E-state index in [1.54, 1.807) is 9.80 Å². The molecule has 20 heavy (non-hydrogen) atoms. The van der Waals surface area contributed by atoms with Crippen LogP contribution in [-0.4, -0.2) is 53.0 Å². The second-order valence-corrected chi connectivity index (χ2v) is 6.85. The first-order valence-corrected chi connectivity index (χ1v) is 8.33. The van der Waals surface area contributed by atoms with Crippen molar-refractivity contribution in [2.24, 2.45) is 5.41 Å². The summed E-state index contributed by atoms with van der Waals surface area (Å²) in [4.78, 5) is 27.8. The number of hydrogen-bond acceptors (Lipinski definition) is 3. The maximum Gasteiger partial charge on any atom is 0.312 e. The number of nitrogens with zero attached hydrogens (tertiary/aromatic N) is 2. The van der Waals surface area contributed by atoms with Crippen LogP contribution in [-0.2, 0) is 9.59 Å². The summed E-state index contributed by atoms with van der Waals surface area (Å²) in [5.74, 6) is 0.145. The third-order valence-electron chi connectivity index (χ3n) is 4.74. The van der Waals surface area contributed by atoms with Crippen LogP contribution < -0.4 is 0 Å². The third-order valence-corrected chi connectivity index (χ3v) is 5.41. The molecule has 4 nitrogen and oxygen atoms in total. The third kappa shape index (κ3) is 3.13. The molecule has 2 fully saturated rings. The van der Waals surface area contributed by atoms with Crippen LogP contribution in [0.5, 0.6) is 0 Å². The highest BCUT2D eigenvalue weighted by molar-refractivity contribution is 7.80. The molecule has 0 aromatic rings. The van der Waals surface area contributed by atoms with Gasteiger partial charge in [-0.05, 0) is 37.9 Å².